The molecule has 2 aromatic carbocycles. The third-order valence-electron chi connectivity index (χ3n) is 5.77. The van der Waals surface area contributed by atoms with E-state index in [2.05, 4.69) is 76.0 Å². The summed E-state index contributed by atoms with van der Waals surface area (Å²) in [7, 11) is 0. The SMILES string of the molecule is O[C@@H]1Cc2c(I)cccc2C[C@H]1N1CCC(c2ccccc2)CC1. The van der Waals surface area contributed by atoms with E-state index >= 15 is 0 Å². The Morgan fingerprint density at radius 1 is 0.917 bits per heavy atom. The molecule has 0 unspecified atom stereocenters. The van der Waals surface area contributed by atoms with Crippen LogP contribution in [0.4, 0.5) is 0 Å². The zero-order chi connectivity index (χ0) is 16.5. The Labute approximate surface area is 158 Å². The number of fused-ring (bicyclic) bond motifs is 1. The van der Waals surface area contributed by atoms with Gasteiger partial charge in [0.1, 0.15) is 0 Å². The van der Waals surface area contributed by atoms with Crippen LogP contribution in [0.1, 0.15) is 35.4 Å². The van der Waals surface area contributed by atoms with Crippen LogP contribution in [0.5, 0.6) is 0 Å². The molecule has 1 saturated heterocycles. The van der Waals surface area contributed by atoms with Crippen LogP contribution in [-0.4, -0.2) is 35.2 Å². The van der Waals surface area contributed by atoms with Crippen molar-refractivity contribution in [2.75, 3.05) is 13.1 Å². The summed E-state index contributed by atoms with van der Waals surface area (Å²) in [6, 6.07) is 17.7. The molecule has 24 heavy (non-hydrogen) atoms. The number of aliphatic hydroxyl groups is 1. The number of hydrogen-bond acceptors (Lipinski definition) is 2. The van der Waals surface area contributed by atoms with Crippen molar-refractivity contribution in [1.82, 2.24) is 4.90 Å². The van der Waals surface area contributed by atoms with Crippen molar-refractivity contribution < 1.29 is 5.11 Å². The van der Waals surface area contributed by atoms with E-state index in [1.807, 2.05) is 0 Å². The van der Waals surface area contributed by atoms with Gasteiger partial charge in [-0.1, -0.05) is 42.5 Å². The third kappa shape index (κ3) is 3.26. The van der Waals surface area contributed by atoms with Crippen molar-refractivity contribution in [2.45, 2.75) is 43.7 Å². The van der Waals surface area contributed by atoms with Crippen LogP contribution >= 0.6 is 22.6 Å². The summed E-state index contributed by atoms with van der Waals surface area (Å²) in [5.41, 5.74) is 4.27. The number of benzene rings is 2. The lowest BCUT2D eigenvalue weighted by Crippen LogP contribution is -2.51. The summed E-state index contributed by atoms with van der Waals surface area (Å²) < 4.78 is 1.30. The monoisotopic (exact) mass is 433 g/mol. The molecule has 2 atom stereocenters. The molecule has 0 saturated carbocycles. The van der Waals surface area contributed by atoms with Crippen molar-refractivity contribution in [3.8, 4) is 0 Å². The standard InChI is InChI=1S/C21H24INO/c22-19-8-4-7-17-13-20(21(24)14-18(17)19)23-11-9-16(10-12-23)15-5-2-1-3-6-15/h1-8,16,20-21,24H,9-14H2/t20-,21-/m1/s1. The number of rotatable bonds is 2. The van der Waals surface area contributed by atoms with Gasteiger partial charge in [0.2, 0.25) is 0 Å². The van der Waals surface area contributed by atoms with Gasteiger partial charge in [0.15, 0.2) is 0 Å². The minimum atomic E-state index is -0.235. The molecule has 4 rings (SSSR count). The number of nitrogens with zero attached hydrogens (tertiary/aromatic N) is 1. The van der Waals surface area contributed by atoms with Gasteiger partial charge in [-0.25, -0.2) is 0 Å². The highest BCUT2D eigenvalue weighted by molar-refractivity contribution is 14.1. The van der Waals surface area contributed by atoms with Crippen LogP contribution in [0, 0.1) is 3.57 Å². The number of likely N-dealkylation sites (tertiary alicyclic amines) is 1. The van der Waals surface area contributed by atoms with Crippen LogP contribution in [0.2, 0.25) is 0 Å². The largest absolute Gasteiger partial charge is 0.391 e. The van der Waals surface area contributed by atoms with E-state index in [9.17, 15) is 5.11 Å². The molecule has 0 radical (unpaired) electrons. The van der Waals surface area contributed by atoms with E-state index in [-0.39, 0.29) is 12.1 Å². The molecule has 1 fully saturated rings. The molecule has 3 heteroatoms. The van der Waals surface area contributed by atoms with E-state index in [0.717, 1.165) is 25.9 Å². The Kier molecular flexibility index (Phi) is 4.93. The molecular weight excluding hydrogens is 409 g/mol. The fourth-order valence-electron chi connectivity index (χ4n) is 4.39. The van der Waals surface area contributed by atoms with Crippen LogP contribution in [0.15, 0.2) is 48.5 Å². The summed E-state index contributed by atoms with van der Waals surface area (Å²) in [5, 5.41) is 10.7. The summed E-state index contributed by atoms with van der Waals surface area (Å²) >= 11 is 2.40. The van der Waals surface area contributed by atoms with E-state index in [4.69, 9.17) is 0 Å². The molecule has 1 aliphatic heterocycles. The Morgan fingerprint density at radius 2 is 1.67 bits per heavy atom. The highest BCUT2D eigenvalue weighted by atomic mass is 127. The second-order valence-corrected chi connectivity index (χ2v) is 8.30. The van der Waals surface area contributed by atoms with Gasteiger partial charge in [-0.05, 0) is 83.6 Å². The minimum Gasteiger partial charge on any atom is -0.391 e. The Hall–Kier alpha value is -0.910. The van der Waals surface area contributed by atoms with Crippen molar-refractivity contribution >= 4 is 22.6 Å². The first-order valence-corrected chi connectivity index (χ1v) is 10.0. The molecule has 0 spiro atoms. The second kappa shape index (κ2) is 7.14. The van der Waals surface area contributed by atoms with E-state index in [1.165, 1.54) is 33.1 Å². The van der Waals surface area contributed by atoms with E-state index < -0.39 is 0 Å². The molecular formula is C21H24INO. The van der Waals surface area contributed by atoms with Crippen LogP contribution in [-0.2, 0) is 12.8 Å². The maximum atomic E-state index is 10.7. The Balaban J connectivity index is 1.44. The van der Waals surface area contributed by atoms with Gasteiger partial charge >= 0.3 is 0 Å². The number of piperidine rings is 1. The van der Waals surface area contributed by atoms with Crippen molar-refractivity contribution in [3.63, 3.8) is 0 Å². The van der Waals surface area contributed by atoms with E-state index in [1.54, 1.807) is 0 Å². The minimum absolute atomic E-state index is 0.235. The maximum absolute atomic E-state index is 10.7. The summed E-state index contributed by atoms with van der Waals surface area (Å²) in [6.45, 7) is 2.20. The fourth-order valence-corrected chi connectivity index (χ4v) is 5.17. The van der Waals surface area contributed by atoms with Crippen molar-refractivity contribution in [2.24, 2.45) is 0 Å². The molecule has 2 aromatic rings. The maximum Gasteiger partial charge on any atom is 0.0739 e. The van der Waals surface area contributed by atoms with Gasteiger partial charge in [0.05, 0.1) is 6.10 Å². The van der Waals surface area contributed by atoms with Crippen LogP contribution < -0.4 is 0 Å². The quantitative estimate of drug-likeness (QED) is 0.724. The van der Waals surface area contributed by atoms with Gasteiger partial charge in [0.25, 0.3) is 0 Å². The van der Waals surface area contributed by atoms with Crippen molar-refractivity contribution in [1.29, 1.82) is 0 Å². The summed E-state index contributed by atoms with van der Waals surface area (Å²) in [6.07, 6.45) is 3.96. The average molecular weight is 433 g/mol. The van der Waals surface area contributed by atoms with Crippen LogP contribution in [0.3, 0.4) is 0 Å². The molecule has 0 amide bonds. The zero-order valence-corrected chi connectivity index (χ0v) is 16.0. The smallest absolute Gasteiger partial charge is 0.0739 e. The summed E-state index contributed by atoms with van der Waals surface area (Å²) in [4.78, 5) is 2.53. The fraction of sp³-hybridized carbons (Fsp3) is 0.429. The molecule has 0 aromatic heterocycles. The predicted octanol–water partition coefficient (Wildman–Crippen LogP) is 4.00. The molecule has 0 bridgehead atoms. The number of aliphatic hydroxyl groups excluding tert-OH is 1. The second-order valence-electron chi connectivity index (χ2n) is 7.14. The highest BCUT2D eigenvalue weighted by Gasteiger charge is 2.34. The topological polar surface area (TPSA) is 23.5 Å². The van der Waals surface area contributed by atoms with Gasteiger partial charge in [-0.15, -0.1) is 0 Å². The third-order valence-corrected chi connectivity index (χ3v) is 6.78. The van der Waals surface area contributed by atoms with Crippen molar-refractivity contribution in [3.05, 3.63) is 68.8 Å². The number of halogens is 1. The molecule has 1 N–H and O–H groups in total. The Morgan fingerprint density at radius 3 is 2.42 bits per heavy atom. The average Bonchev–Trinajstić information content (AvgIpc) is 2.63. The highest BCUT2D eigenvalue weighted by Crippen LogP contribution is 2.33. The molecule has 1 aliphatic carbocycles. The summed E-state index contributed by atoms with van der Waals surface area (Å²) in [5.74, 6) is 0.677. The van der Waals surface area contributed by atoms with Gasteiger partial charge in [0, 0.05) is 16.0 Å². The molecule has 2 aliphatic rings. The first-order chi connectivity index (χ1) is 11.7. The first-order valence-electron chi connectivity index (χ1n) is 8.95. The van der Waals surface area contributed by atoms with Gasteiger partial charge in [-0.3, -0.25) is 4.90 Å². The van der Waals surface area contributed by atoms with E-state index in [0.29, 0.717) is 5.92 Å². The predicted molar refractivity (Wildman–Crippen MR) is 106 cm³/mol. The lowest BCUT2D eigenvalue weighted by molar-refractivity contribution is 0.0293. The lowest BCUT2D eigenvalue weighted by atomic mass is 9.83. The van der Waals surface area contributed by atoms with Crippen LogP contribution in [0.25, 0.3) is 0 Å². The molecule has 1 heterocycles. The molecule has 126 valence electrons. The first kappa shape index (κ1) is 16.6. The van der Waals surface area contributed by atoms with Gasteiger partial charge in [-0.2, -0.15) is 0 Å². The molecule has 2 nitrogen and oxygen atoms in total. The van der Waals surface area contributed by atoms with Gasteiger partial charge < -0.3 is 5.11 Å². The Bertz CT molecular complexity index is 694. The normalized spacial score (nSPS) is 25.4. The lowest BCUT2D eigenvalue weighted by Gasteiger charge is -2.42. The number of hydrogen-bond donors (Lipinski definition) is 1. The zero-order valence-electron chi connectivity index (χ0n) is 13.9.